The Labute approximate surface area is 120 Å². The van der Waals surface area contributed by atoms with Gasteiger partial charge >= 0.3 is 5.69 Å². The number of likely N-dealkylation sites (tertiary alicyclic amines) is 1. The van der Waals surface area contributed by atoms with Gasteiger partial charge in [0.05, 0.1) is 0 Å². The van der Waals surface area contributed by atoms with Gasteiger partial charge in [-0.25, -0.2) is 9.89 Å². The minimum Gasteiger partial charge on any atom is -0.282 e. The second-order valence-corrected chi connectivity index (χ2v) is 5.67. The van der Waals surface area contributed by atoms with Gasteiger partial charge in [0.15, 0.2) is 5.16 Å². The number of amides is 2. The molecule has 0 spiro atoms. The molecule has 0 aromatic carbocycles. The Morgan fingerprint density at radius 3 is 2.55 bits per heavy atom. The van der Waals surface area contributed by atoms with Crippen LogP contribution in [0.4, 0.5) is 0 Å². The first kappa shape index (κ1) is 14.8. The Bertz CT molecular complexity index is 535. The highest BCUT2D eigenvalue weighted by Gasteiger charge is 2.28. The first-order valence-corrected chi connectivity index (χ1v) is 7.73. The number of carbonyl (C=O) groups excluding carboxylic acids is 2. The summed E-state index contributed by atoms with van der Waals surface area (Å²) in [5.41, 5.74) is -0.214. The number of aromatic nitrogens is 3. The molecular weight excluding hydrogens is 280 g/mol. The molecule has 0 atom stereocenters. The third-order valence-corrected chi connectivity index (χ3v) is 4.12. The minimum absolute atomic E-state index is 0.110. The number of aromatic amines is 1. The highest BCUT2D eigenvalue weighted by Crippen LogP contribution is 2.17. The molecule has 0 unspecified atom stereocenters. The van der Waals surface area contributed by atoms with Crippen molar-refractivity contribution in [3.8, 4) is 0 Å². The van der Waals surface area contributed by atoms with E-state index in [2.05, 4.69) is 17.1 Å². The fourth-order valence-electron chi connectivity index (χ4n) is 2.03. The van der Waals surface area contributed by atoms with Gasteiger partial charge in [0.2, 0.25) is 11.8 Å². The van der Waals surface area contributed by atoms with Crippen LogP contribution in [0.3, 0.4) is 0 Å². The van der Waals surface area contributed by atoms with E-state index in [1.165, 1.54) is 16.7 Å². The van der Waals surface area contributed by atoms with Crippen molar-refractivity contribution >= 4 is 23.6 Å². The Hall–Kier alpha value is -1.57. The molecule has 0 bridgehead atoms. The van der Waals surface area contributed by atoms with Crippen molar-refractivity contribution in [2.45, 2.75) is 44.3 Å². The first-order valence-electron chi connectivity index (χ1n) is 6.74. The molecule has 7 nitrogen and oxygen atoms in total. The van der Waals surface area contributed by atoms with Gasteiger partial charge in [-0.15, -0.1) is 5.10 Å². The number of H-pyrrole nitrogens is 1. The second kappa shape index (κ2) is 6.74. The summed E-state index contributed by atoms with van der Waals surface area (Å²) in [5, 5.41) is 7.02. The Morgan fingerprint density at radius 2 is 1.90 bits per heavy atom. The second-order valence-electron chi connectivity index (χ2n) is 4.60. The first-order chi connectivity index (χ1) is 9.63. The lowest BCUT2D eigenvalue weighted by molar-refractivity contribution is -0.137. The van der Waals surface area contributed by atoms with E-state index in [1.54, 1.807) is 4.57 Å². The summed E-state index contributed by atoms with van der Waals surface area (Å²) in [6.45, 7) is 3.06. The lowest BCUT2D eigenvalue weighted by atomic mass is 10.3. The van der Waals surface area contributed by atoms with Gasteiger partial charge in [0.1, 0.15) is 0 Å². The molecule has 1 aromatic rings. The summed E-state index contributed by atoms with van der Waals surface area (Å²) in [4.78, 5) is 35.8. The van der Waals surface area contributed by atoms with Crippen LogP contribution < -0.4 is 5.69 Å². The van der Waals surface area contributed by atoms with Crippen LogP contribution in [0.1, 0.15) is 32.6 Å². The van der Waals surface area contributed by atoms with Crippen molar-refractivity contribution in [2.75, 3.05) is 12.3 Å². The fraction of sp³-hybridized carbons (Fsp3) is 0.667. The Balaban J connectivity index is 1.89. The van der Waals surface area contributed by atoms with Crippen LogP contribution in [0.5, 0.6) is 0 Å². The standard InChI is InChI=1S/C12H18N4O3S/c1-2-3-6-16-11(19)13-14-12(16)20-8-7-15-9(17)4-5-10(15)18/h2-8H2,1H3,(H,13,19). The maximum absolute atomic E-state index is 11.6. The van der Waals surface area contributed by atoms with Gasteiger partial charge in [-0.2, -0.15) is 0 Å². The lowest BCUT2D eigenvalue weighted by Gasteiger charge is -2.12. The van der Waals surface area contributed by atoms with E-state index in [1.807, 2.05) is 0 Å². The Kier molecular flexibility index (Phi) is 4.99. The average Bonchev–Trinajstić information content (AvgIpc) is 2.93. The number of thioether (sulfide) groups is 1. The van der Waals surface area contributed by atoms with E-state index in [-0.39, 0.29) is 17.5 Å². The van der Waals surface area contributed by atoms with Crippen molar-refractivity contribution in [3.63, 3.8) is 0 Å². The topological polar surface area (TPSA) is 88.1 Å². The predicted molar refractivity (Wildman–Crippen MR) is 74.4 cm³/mol. The number of unbranched alkanes of at least 4 members (excludes halogenated alkanes) is 1. The quantitative estimate of drug-likeness (QED) is 0.588. The number of rotatable bonds is 7. The highest BCUT2D eigenvalue weighted by molar-refractivity contribution is 7.99. The van der Waals surface area contributed by atoms with Crippen molar-refractivity contribution < 1.29 is 9.59 Å². The van der Waals surface area contributed by atoms with Gasteiger partial charge in [0, 0.05) is 31.7 Å². The van der Waals surface area contributed by atoms with E-state index in [9.17, 15) is 14.4 Å². The minimum atomic E-state index is -0.214. The molecule has 2 rings (SSSR count). The third-order valence-electron chi connectivity index (χ3n) is 3.16. The van der Waals surface area contributed by atoms with E-state index in [0.717, 1.165) is 12.8 Å². The number of nitrogens with one attached hydrogen (secondary N) is 1. The number of imide groups is 1. The molecular formula is C12H18N4O3S. The van der Waals surface area contributed by atoms with Gasteiger partial charge in [0.25, 0.3) is 0 Å². The molecule has 8 heteroatoms. The number of hydrogen-bond acceptors (Lipinski definition) is 5. The van der Waals surface area contributed by atoms with Crippen LogP contribution in [0, 0.1) is 0 Å². The maximum atomic E-state index is 11.6. The van der Waals surface area contributed by atoms with Crippen LogP contribution in [0.25, 0.3) is 0 Å². The summed E-state index contributed by atoms with van der Waals surface area (Å²) in [6.07, 6.45) is 2.54. The average molecular weight is 298 g/mol. The van der Waals surface area contributed by atoms with E-state index in [4.69, 9.17) is 0 Å². The van der Waals surface area contributed by atoms with Gasteiger partial charge < -0.3 is 0 Å². The molecule has 1 N–H and O–H groups in total. The molecule has 1 saturated heterocycles. The largest absolute Gasteiger partial charge is 0.343 e. The molecule has 1 aliphatic rings. The van der Waals surface area contributed by atoms with Crippen LogP contribution in [-0.4, -0.2) is 43.8 Å². The van der Waals surface area contributed by atoms with Gasteiger partial charge in [-0.1, -0.05) is 25.1 Å². The van der Waals surface area contributed by atoms with E-state index >= 15 is 0 Å². The van der Waals surface area contributed by atoms with Crippen LogP contribution in [0.2, 0.25) is 0 Å². The summed E-state index contributed by atoms with van der Waals surface area (Å²) in [7, 11) is 0. The van der Waals surface area contributed by atoms with E-state index < -0.39 is 0 Å². The third kappa shape index (κ3) is 3.30. The number of carbonyl (C=O) groups is 2. The van der Waals surface area contributed by atoms with Gasteiger partial charge in [-0.3, -0.25) is 19.1 Å². The van der Waals surface area contributed by atoms with Crippen LogP contribution in [-0.2, 0) is 16.1 Å². The lowest BCUT2D eigenvalue weighted by Crippen LogP contribution is -2.31. The monoisotopic (exact) mass is 298 g/mol. The molecule has 1 aliphatic heterocycles. The maximum Gasteiger partial charge on any atom is 0.343 e. The zero-order valence-electron chi connectivity index (χ0n) is 11.4. The van der Waals surface area contributed by atoms with Crippen molar-refractivity contribution in [1.29, 1.82) is 0 Å². The number of nitrogens with zero attached hydrogens (tertiary/aromatic N) is 3. The molecule has 1 fully saturated rings. The predicted octanol–water partition coefficient (Wildman–Crippen LogP) is 0.613. The molecule has 0 saturated carbocycles. The molecule has 110 valence electrons. The van der Waals surface area contributed by atoms with Crippen LogP contribution >= 0.6 is 11.8 Å². The molecule has 2 amide bonds. The summed E-state index contributed by atoms with van der Waals surface area (Å²) in [6, 6.07) is 0. The molecule has 1 aromatic heterocycles. The van der Waals surface area contributed by atoms with Gasteiger partial charge in [-0.05, 0) is 6.42 Å². The summed E-state index contributed by atoms with van der Waals surface area (Å²) in [5.74, 6) is 0.329. The van der Waals surface area contributed by atoms with Crippen molar-refractivity contribution in [3.05, 3.63) is 10.5 Å². The SMILES string of the molecule is CCCCn1c(SCCN2C(=O)CCC2=O)n[nH]c1=O. The molecule has 2 heterocycles. The molecule has 0 aliphatic carbocycles. The molecule has 0 radical (unpaired) electrons. The van der Waals surface area contributed by atoms with Crippen molar-refractivity contribution in [1.82, 2.24) is 19.7 Å². The van der Waals surface area contributed by atoms with Crippen molar-refractivity contribution in [2.24, 2.45) is 0 Å². The van der Waals surface area contributed by atoms with E-state index in [0.29, 0.717) is 36.8 Å². The van der Waals surface area contributed by atoms with Crippen LogP contribution in [0.15, 0.2) is 9.95 Å². The number of hydrogen-bond donors (Lipinski definition) is 1. The fourth-order valence-corrected chi connectivity index (χ4v) is 2.92. The normalized spacial score (nSPS) is 15.3. The molecule has 20 heavy (non-hydrogen) atoms. The zero-order valence-corrected chi connectivity index (χ0v) is 12.2. The smallest absolute Gasteiger partial charge is 0.282 e. The highest BCUT2D eigenvalue weighted by atomic mass is 32.2. The summed E-state index contributed by atoms with van der Waals surface area (Å²) >= 11 is 1.38. The zero-order chi connectivity index (χ0) is 14.5. The Morgan fingerprint density at radius 1 is 1.20 bits per heavy atom. The summed E-state index contributed by atoms with van der Waals surface area (Å²) < 4.78 is 1.60.